The number of thiocarbonyl (C=S) groups is 1. The van der Waals surface area contributed by atoms with Gasteiger partial charge in [0.2, 0.25) is 0 Å². The lowest BCUT2D eigenvalue weighted by molar-refractivity contribution is -0.146. The van der Waals surface area contributed by atoms with Crippen LogP contribution in [-0.2, 0) is 14.3 Å². The smallest absolute Gasteiger partial charge is 0.326 e. The van der Waals surface area contributed by atoms with E-state index in [1.807, 2.05) is 13.8 Å². The molecule has 0 spiro atoms. The number of benzene rings is 1. The van der Waals surface area contributed by atoms with Gasteiger partial charge in [-0.1, -0.05) is 43.4 Å². The molecule has 1 aromatic carbocycles. The van der Waals surface area contributed by atoms with Gasteiger partial charge in [-0.25, -0.2) is 0 Å². The van der Waals surface area contributed by atoms with Crippen LogP contribution in [0.25, 0.3) is 6.08 Å². The van der Waals surface area contributed by atoms with E-state index in [9.17, 15) is 14.7 Å². The zero-order valence-corrected chi connectivity index (χ0v) is 16.3. The molecule has 1 N–H and O–H groups in total. The van der Waals surface area contributed by atoms with Crippen molar-refractivity contribution in [1.82, 2.24) is 4.90 Å². The van der Waals surface area contributed by atoms with Crippen LogP contribution in [-0.4, -0.2) is 46.0 Å². The van der Waals surface area contributed by atoms with Crippen LogP contribution in [0.2, 0.25) is 0 Å². The highest BCUT2D eigenvalue weighted by molar-refractivity contribution is 8.26. The molecule has 0 aromatic heterocycles. The highest BCUT2D eigenvalue weighted by atomic mass is 32.2. The number of hydrogen-bond acceptors (Lipinski definition) is 7. The number of thioether (sulfide) groups is 1. The van der Waals surface area contributed by atoms with E-state index in [1.165, 1.54) is 11.0 Å². The highest BCUT2D eigenvalue weighted by Crippen LogP contribution is 2.34. The fourth-order valence-corrected chi connectivity index (χ4v) is 3.44. The number of aromatic hydroxyl groups is 1. The third-order valence-corrected chi connectivity index (χ3v) is 4.88. The van der Waals surface area contributed by atoms with Crippen molar-refractivity contribution < 1.29 is 24.2 Å². The van der Waals surface area contributed by atoms with Crippen molar-refractivity contribution in [2.24, 2.45) is 0 Å². The van der Waals surface area contributed by atoms with Gasteiger partial charge in [0, 0.05) is 0 Å². The van der Waals surface area contributed by atoms with Crippen molar-refractivity contribution >= 4 is 46.3 Å². The van der Waals surface area contributed by atoms with Crippen LogP contribution in [0.3, 0.4) is 0 Å². The summed E-state index contributed by atoms with van der Waals surface area (Å²) in [4.78, 5) is 26.0. The number of ether oxygens (including phenoxy) is 2. The van der Waals surface area contributed by atoms with E-state index in [4.69, 9.17) is 21.7 Å². The molecular weight excluding hydrogens is 374 g/mol. The number of nitrogens with zero attached hydrogens (tertiary/aromatic N) is 1. The third-order valence-electron chi connectivity index (χ3n) is 3.50. The Labute approximate surface area is 162 Å². The summed E-state index contributed by atoms with van der Waals surface area (Å²) in [6.45, 7) is 4.39. The van der Waals surface area contributed by atoms with Crippen LogP contribution in [0.5, 0.6) is 11.5 Å². The predicted octanol–water partition coefficient (Wildman–Crippen LogP) is 3.34. The number of carbonyl (C=O) groups excluding carboxylic acids is 2. The minimum absolute atomic E-state index is 0.0337. The molecule has 8 heteroatoms. The van der Waals surface area contributed by atoms with Gasteiger partial charge < -0.3 is 14.6 Å². The Morgan fingerprint density at radius 2 is 2.15 bits per heavy atom. The first-order valence-electron chi connectivity index (χ1n) is 8.33. The van der Waals surface area contributed by atoms with E-state index < -0.39 is 5.97 Å². The molecule has 1 fully saturated rings. The summed E-state index contributed by atoms with van der Waals surface area (Å²) in [5.41, 5.74) is 0.692. The molecule has 0 aliphatic carbocycles. The summed E-state index contributed by atoms with van der Waals surface area (Å²) >= 11 is 6.34. The number of carbonyl (C=O) groups is 2. The lowest BCUT2D eigenvalue weighted by Gasteiger charge is -2.13. The molecule has 1 saturated heterocycles. The maximum Gasteiger partial charge on any atom is 0.326 e. The monoisotopic (exact) mass is 395 g/mol. The molecule has 0 atom stereocenters. The molecule has 1 aromatic rings. The molecule has 6 nitrogen and oxygen atoms in total. The maximum atomic E-state index is 12.5. The van der Waals surface area contributed by atoms with Gasteiger partial charge in [0.1, 0.15) is 10.9 Å². The van der Waals surface area contributed by atoms with Crippen molar-refractivity contribution in [1.29, 1.82) is 0 Å². The number of phenolic OH excluding ortho intramolecular Hbond substituents is 1. The quantitative estimate of drug-likeness (QED) is 0.313. The SMILES string of the molecule is CCCCOC(=O)CN1C(=O)/C(=C/c2ccc(O)c(OCC)c2)SC1=S. The van der Waals surface area contributed by atoms with Crippen LogP contribution in [0, 0.1) is 0 Å². The van der Waals surface area contributed by atoms with Gasteiger partial charge in [-0.05, 0) is 37.1 Å². The third kappa shape index (κ3) is 5.22. The predicted molar refractivity (Wildman–Crippen MR) is 105 cm³/mol. The topological polar surface area (TPSA) is 76.1 Å². The van der Waals surface area contributed by atoms with Crippen LogP contribution in [0.15, 0.2) is 23.1 Å². The second-order valence-electron chi connectivity index (χ2n) is 5.50. The summed E-state index contributed by atoms with van der Waals surface area (Å²) in [6.07, 6.45) is 3.37. The van der Waals surface area contributed by atoms with Crippen LogP contribution < -0.4 is 4.74 Å². The first-order chi connectivity index (χ1) is 12.5. The molecular formula is C18H21NO5S2. The number of amides is 1. The normalized spacial score (nSPS) is 15.6. The largest absolute Gasteiger partial charge is 0.504 e. The minimum Gasteiger partial charge on any atom is -0.504 e. The lowest BCUT2D eigenvalue weighted by Crippen LogP contribution is -2.34. The van der Waals surface area contributed by atoms with Gasteiger partial charge in [-0.15, -0.1) is 0 Å². The van der Waals surface area contributed by atoms with E-state index in [1.54, 1.807) is 18.2 Å². The van der Waals surface area contributed by atoms with Crippen molar-refractivity contribution in [3.05, 3.63) is 28.7 Å². The number of rotatable bonds is 8. The van der Waals surface area contributed by atoms with Gasteiger partial charge in [0.25, 0.3) is 5.91 Å². The molecule has 1 aliphatic heterocycles. The minimum atomic E-state index is -0.473. The van der Waals surface area contributed by atoms with E-state index in [-0.39, 0.29) is 18.2 Å². The lowest BCUT2D eigenvalue weighted by atomic mass is 10.2. The van der Waals surface area contributed by atoms with Crippen molar-refractivity contribution in [3.63, 3.8) is 0 Å². The molecule has 1 aliphatic rings. The number of phenols is 1. The van der Waals surface area contributed by atoms with E-state index in [0.717, 1.165) is 24.6 Å². The molecule has 0 bridgehead atoms. The van der Waals surface area contributed by atoms with Crippen molar-refractivity contribution in [2.45, 2.75) is 26.7 Å². The Bertz CT molecular complexity index is 732. The standard InChI is InChI=1S/C18H21NO5S2/c1-3-5-8-24-16(21)11-19-17(22)15(26-18(19)25)10-12-6-7-13(20)14(9-12)23-4-2/h6-7,9-10,20H,3-5,8,11H2,1-2H3/b15-10-. The summed E-state index contributed by atoms with van der Waals surface area (Å²) in [5, 5.41) is 9.75. The first kappa shape index (κ1) is 20.3. The zero-order valence-electron chi connectivity index (χ0n) is 14.7. The van der Waals surface area contributed by atoms with Gasteiger partial charge in [-0.2, -0.15) is 0 Å². The number of hydrogen-bond donors (Lipinski definition) is 1. The van der Waals surface area contributed by atoms with Crippen LogP contribution in [0.1, 0.15) is 32.3 Å². The molecule has 1 heterocycles. The highest BCUT2D eigenvalue weighted by Gasteiger charge is 2.33. The zero-order chi connectivity index (χ0) is 19.1. The number of unbranched alkanes of at least 4 members (excludes halogenated alkanes) is 1. The van der Waals surface area contributed by atoms with Gasteiger partial charge in [-0.3, -0.25) is 14.5 Å². The average molecular weight is 396 g/mol. The fourth-order valence-electron chi connectivity index (χ4n) is 2.18. The fraction of sp³-hybridized carbons (Fsp3) is 0.389. The summed E-state index contributed by atoms with van der Waals surface area (Å²) in [5.74, 6) is -0.430. The maximum absolute atomic E-state index is 12.5. The van der Waals surface area contributed by atoms with Gasteiger partial charge in [0.05, 0.1) is 18.1 Å². The summed E-state index contributed by atoms with van der Waals surface area (Å²) in [6, 6.07) is 4.82. The second-order valence-corrected chi connectivity index (χ2v) is 7.18. The van der Waals surface area contributed by atoms with Crippen LogP contribution in [0.4, 0.5) is 0 Å². The average Bonchev–Trinajstić information content (AvgIpc) is 2.86. The molecule has 26 heavy (non-hydrogen) atoms. The Balaban J connectivity index is 2.09. The van der Waals surface area contributed by atoms with Crippen LogP contribution >= 0.6 is 24.0 Å². The molecule has 2 rings (SSSR count). The summed E-state index contributed by atoms with van der Waals surface area (Å²) in [7, 11) is 0. The van der Waals surface area contributed by atoms with Gasteiger partial charge in [0.15, 0.2) is 11.5 Å². The van der Waals surface area contributed by atoms with Gasteiger partial charge >= 0.3 is 5.97 Å². The Kier molecular flexibility index (Phi) is 7.47. The Hall–Kier alpha value is -2.06. The van der Waals surface area contributed by atoms with E-state index in [0.29, 0.717) is 33.8 Å². The first-order valence-corrected chi connectivity index (χ1v) is 9.55. The van der Waals surface area contributed by atoms with Crippen molar-refractivity contribution in [3.8, 4) is 11.5 Å². The van der Waals surface area contributed by atoms with Crippen molar-refractivity contribution in [2.75, 3.05) is 19.8 Å². The Morgan fingerprint density at radius 1 is 1.38 bits per heavy atom. The molecule has 140 valence electrons. The molecule has 0 radical (unpaired) electrons. The molecule has 0 saturated carbocycles. The Morgan fingerprint density at radius 3 is 2.85 bits per heavy atom. The summed E-state index contributed by atoms with van der Waals surface area (Å²) < 4.78 is 10.7. The second kappa shape index (κ2) is 9.59. The van der Waals surface area contributed by atoms with E-state index >= 15 is 0 Å². The number of esters is 1. The van der Waals surface area contributed by atoms with E-state index in [2.05, 4.69) is 0 Å². The molecule has 1 amide bonds. The molecule has 0 unspecified atom stereocenters.